The van der Waals surface area contributed by atoms with E-state index >= 15 is 0 Å². The van der Waals surface area contributed by atoms with Crippen LogP contribution in [0.5, 0.6) is 5.75 Å². The van der Waals surface area contributed by atoms with Gasteiger partial charge in [0.1, 0.15) is 18.2 Å². The van der Waals surface area contributed by atoms with Crippen LogP contribution < -0.4 is 61.6 Å². The van der Waals surface area contributed by atoms with E-state index in [2.05, 4.69) is 4.98 Å². The molecule has 9 heteroatoms. The van der Waals surface area contributed by atoms with Gasteiger partial charge >= 0.3 is 58.4 Å². The second kappa shape index (κ2) is 7.78. The predicted molar refractivity (Wildman–Crippen MR) is 67.6 cm³/mol. The van der Waals surface area contributed by atoms with Crippen LogP contribution in [-0.4, -0.2) is 23.1 Å². The molecule has 108 valence electrons. The van der Waals surface area contributed by atoms with Crippen LogP contribution in [0.15, 0.2) is 30.6 Å². The summed E-state index contributed by atoms with van der Waals surface area (Å²) >= 11 is 0. The van der Waals surface area contributed by atoms with Crippen LogP contribution in [0.25, 0.3) is 0 Å². The molecule has 0 bridgehead atoms. The number of hydrogen-bond acceptors (Lipinski definition) is 2. The molecular formula is C12H12BF4KN2O. The Morgan fingerprint density at radius 1 is 1.29 bits per heavy atom. The Bertz CT molecular complexity index is 603. The number of ether oxygens (including phenoxy) is 1. The van der Waals surface area contributed by atoms with Crippen LogP contribution in [-0.2, 0) is 6.54 Å². The fourth-order valence-corrected chi connectivity index (χ4v) is 1.80. The number of aromatic nitrogens is 2. The first kappa shape index (κ1) is 18.7. The van der Waals surface area contributed by atoms with Crippen LogP contribution in [0.1, 0.15) is 5.82 Å². The topological polar surface area (TPSA) is 27.1 Å². The van der Waals surface area contributed by atoms with E-state index in [1.807, 2.05) is 0 Å². The van der Waals surface area contributed by atoms with E-state index in [1.54, 1.807) is 23.9 Å². The second-order valence-electron chi connectivity index (χ2n) is 4.27. The van der Waals surface area contributed by atoms with E-state index in [1.165, 1.54) is 0 Å². The van der Waals surface area contributed by atoms with E-state index in [4.69, 9.17) is 4.74 Å². The molecule has 3 nitrogen and oxygen atoms in total. The molecule has 0 saturated heterocycles. The van der Waals surface area contributed by atoms with Crippen molar-refractivity contribution in [1.82, 2.24) is 9.55 Å². The average Bonchev–Trinajstić information content (AvgIpc) is 2.74. The Morgan fingerprint density at radius 2 is 2.00 bits per heavy atom. The molecule has 0 spiro atoms. The molecule has 0 fully saturated rings. The van der Waals surface area contributed by atoms with Crippen LogP contribution in [0.2, 0.25) is 0 Å². The Balaban J connectivity index is 0.00000220. The Kier molecular flexibility index (Phi) is 6.92. The fraction of sp³-hybridized carbons (Fsp3) is 0.250. The normalized spacial score (nSPS) is 11.1. The molecular weight excluding hydrogens is 314 g/mol. The first-order chi connectivity index (χ1) is 9.38. The van der Waals surface area contributed by atoms with Gasteiger partial charge in [-0.3, -0.25) is 0 Å². The van der Waals surface area contributed by atoms with Crippen LogP contribution in [0.3, 0.4) is 0 Å². The van der Waals surface area contributed by atoms with Gasteiger partial charge in [-0.1, -0.05) is 11.5 Å². The first-order valence-corrected chi connectivity index (χ1v) is 5.98. The van der Waals surface area contributed by atoms with Crippen LogP contribution in [0.4, 0.5) is 17.3 Å². The van der Waals surface area contributed by atoms with Gasteiger partial charge in [-0.05, 0) is 13.0 Å². The van der Waals surface area contributed by atoms with Crippen molar-refractivity contribution >= 4 is 12.4 Å². The summed E-state index contributed by atoms with van der Waals surface area (Å²) in [5.74, 6) is -0.508. The van der Waals surface area contributed by atoms with Gasteiger partial charge in [-0.15, -0.1) is 0 Å². The van der Waals surface area contributed by atoms with Crippen molar-refractivity contribution in [1.29, 1.82) is 0 Å². The number of benzene rings is 1. The van der Waals surface area contributed by atoms with Crippen molar-refractivity contribution in [3.05, 3.63) is 42.2 Å². The third-order valence-electron chi connectivity index (χ3n) is 2.84. The van der Waals surface area contributed by atoms with Gasteiger partial charge < -0.3 is 22.3 Å². The van der Waals surface area contributed by atoms with E-state index in [-0.39, 0.29) is 58.0 Å². The minimum Gasteiger partial charge on any atom is -0.495 e. The summed E-state index contributed by atoms with van der Waals surface area (Å²) in [5, 5.41) is 0. The number of imidazole rings is 1. The van der Waals surface area contributed by atoms with Crippen molar-refractivity contribution < 1.29 is 73.5 Å². The number of hydrogen-bond donors (Lipinski definition) is 0. The van der Waals surface area contributed by atoms with Crippen molar-refractivity contribution in [3.8, 4) is 5.75 Å². The summed E-state index contributed by atoms with van der Waals surface area (Å²) in [6, 6.07) is 2.23. The first-order valence-electron chi connectivity index (χ1n) is 5.98. The zero-order valence-corrected chi connectivity index (χ0v) is 14.8. The zero-order chi connectivity index (χ0) is 14.8. The molecule has 2 rings (SSSR count). The van der Waals surface area contributed by atoms with E-state index in [0.29, 0.717) is 12.6 Å². The second-order valence-corrected chi connectivity index (χ2v) is 4.27. The average molecular weight is 326 g/mol. The number of aryl methyl sites for hydroxylation is 1. The quantitative estimate of drug-likeness (QED) is 0.546. The molecule has 1 aromatic carbocycles. The Labute approximate surface area is 162 Å². The molecule has 1 heterocycles. The van der Waals surface area contributed by atoms with Crippen molar-refractivity contribution in [2.75, 3.05) is 6.61 Å². The van der Waals surface area contributed by atoms with Crippen molar-refractivity contribution in [2.45, 2.75) is 13.5 Å². The van der Waals surface area contributed by atoms with Gasteiger partial charge in [-0.2, -0.15) is 0 Å². The SMILES string of the molecule is Cc1nccn1CCOc1cc(F)ccc1[B-](F)(F)F.[K+]. The van der Waals surface area contributed by atoms with Crippen LogP contribution in [0, 0.1) is 12.7 Å². The standard InChI is InChI=1S/C12H12BF4N2O.K/c1-9-18-4-5-19(9)6-7-20-12-8-10(14)2-3-11(12)13(15,16)17;/h2-5,8H,6-7H2,1H3;/q-1;+1. The smallest absolute Gasteiger partial charge is 0.495 e. The van der Waals surface area contributed by atoms with E-state index in [9.17, 15) is 17.3 Å². The number of halogens is 4. The minimum absolute atomic E-state index is 0. The largest absolute Gasteiger partial charge is 1.00 e. The minimum atomic E-state index is -5.23. The monoisotopic (exact) mass is 326 g/mol. The maximum absolute atomic E-state index is 13.0. The zero-order valence-electron chi connectivity index (χ0n) is 11.7. The fourth-order valence-electron chi connectivity index (χ4n) is 1.80. The van der Waals surface area contributed by atoms with E-state index < -0.39 is 24.0 Å². The molecule has 2 aromatic rings. The molecule has 0 aliphatic heterocycles. The molecule has 0 radical (unpaired) electrons. The van der Waals surface area contributed by atoms with Gasteiger partial charge in [0.25, 0.3) is 0 Å². The summed E-state index contributed by atoms with van der Waals surface area (Å²) in [5.41, 5.74) is -0.922. The molecule has 0 N–H and O–H groups in total. The summed E-state index contributed by atoms with van der Waals surface area (Å²) in [4.78, 5) is 3.98. The van der Waals surface area contributed by atoms with Crippen molar-refractivity contribution in [3.63, 3.8) is 0 Å². The maximum Gasteiger partial charge on any atom is 1.00 e. The predicted octanol–water partition coefficient (Wildman–Crippen LogP) is -0.532. The molecule has 0 saturated carbocycles. The van der Waals surface area contributed by atoms with Gasteiger partial charge in [0.05, 0.1) is 12.3 Å². The van der Waals surface area contributed by atoms with Crippen molar-refractivity contribution in [2.24, 2.45) is 0 Å². The third-order valence-corrected chi connectivity index (χ3v) is 2.84. The molecule has 0 amide bonds. The summed E-state index contributed by atoms with van der Waals surface area (Å²) in [6.07, 6.45) is 3.28. The Hall–Kier alpha value is -0.349. The molecule has 21 heavy (non-hydrogen) atoms. The van der Waals surface area contributed by atoms with Crippen LogP contribution >= 0.6 is 0 Å². The summed E-state index contributed by atoms with van der Waals surface area (Å²) < 4.78 is 58.2. The molecule has 0 aliphatic rings. The number of nitrogens with zero attached hydrogens (tertiary/aromatic N) is 2. The summed E-state index contributed by atoms with van der Waals surface area (Å²) in [6.45, 7) is -3.12. The molecule has 0 atom stereocenters. The molecule has 1 aromatic heterocycles. The van der Waals surface area contributed by atoms with E-state index in [0.717, 1.165) is 18.0 Å². The van der Waals surface area contributed by atoms with Gasteiger partial charge in [-0.25, -0.2) is 9.37 Å². The number of rotatable bonds is 5. The van der Waals surface area contributed by atoms with Gasteiger partial charge in [0.2, 0.25) is 0 Å². The van der Waals surface area contributed by atoms with Gasteiger partial charge in [0, 0.05) is 18.5 Å². The molecule has 0 unspecified atom stereocenters. The Morgan fingerprint density at radius 3 is 2.57 bits per heavy atom. The molecule has 0 aliphatic carbocycles. The third kappa shape index (κ3) is 5.10. The summed E-state index contributed by atoms with van der Waals surface area (Å²) in [7, 11) is 0. The van der Waals surface area contributed by atoms with Gasteiger partial charge in [0.15, 0.2) is 0 Å². The maximum atomic E-state index is 13.0.